The Morgan fingerprint density at radius 3 is 2.48 bits per heavy atom. The van der Waals surface area contributed by atoms with Gasteiger partial charge in [0.1, 0.15) is 19.0 Å². The standard InChI is InChI=1S/C16H17NO4/c18-16(19)9-6-13-4-7-14(8-5-13)20-11-12-21-15-3-1-2-10-17-15/h1-5,7-8,10H,6,9,11-12H2,(H,18,19). The van der Waals surface area contributed by atoms with E-state index in [9.17, 15) is 4.79 Å². The Bertz CT molecular complexity index is 554. The van der Waals surface area contributed by atoms with Crippen LogP contribution in [0.25, 0.3) is 0 Å². The average molecular weight is 287 g/mol. The summed E-state index contributed by atoms with van der Waals surface area (Å²) in [6, 6.07) is 12.9. The van der Waals surface area contributed by atoms with Crippen molar-refractivity contribution in [1.82, 2.24) is 4.98 Å². The van der Waals surface area contributed by atoms with E-state index in [-0.39, 0.29) is 6.42 Å². The van der Waals surface area contributed by atoms with Crippen LogP contribution in [0, 0.1) is 0 Å². The molecule has 0 spiro atoms. The second kappa shape index (κ2) is 7.89. The Kier molecular flexibility index (Phi) is 5.58. The Balaban J connectivity index is 1.70. The summed E-state index contributed by atoms with van der Waals surface area (Å²) in [6.07, 6.45) is 2.34. The molecule has 0 unspecified atom stereocenters. The Morgan fingerprint density at radius 1 is 1.05 bits per heavy atom. The molecule has 0 radical (unpaired) electrons. The van der Waals surface area contributed by atoms with E-state index in [1.165, 1.54) is 0 Å². The molecule has 21 heavy (non-hydrogen) atoms. The van der Waals surface area contributed by atoms with Crippen LogP contribution in [0.5, 0.6) is 11.6 Å². The van der Waals surface area contributed by atoms with Crippen molar-refractivity contribution in [3.63, 3.8) is 0 Å². The van der Waals surface area contributed by atoms with Crippen LogP contribution in [-0.4, -0.2) is 29.3 Å². The van der Waals surface area contributed by atoms with Crippen molar-refractivity contribution in [2.24, 2.45) is 0 Å². The zero-order valence-corrected chi connectivity index (χ0v) is 11.6. The molecule has 1 aromatic carbocycles. The number of aromatic nitrogens is 1. The molecule has 1 aromatic heterocycles. The predicted molar refractivity (Wildman–Crippen MR) is 77.6 cm³/mol. The molecule has 2 rings (SSSR count). The zero-order valence-electron chi connectivity index (χ0n) is 11.6. The number of hydrogen-bond acceptors (Lipinski definition) is 4. The zero-order chi connectivity index (χ0) is 14.9. The highest BCUT2D eigenvalue weighted by molar-refractivity contribution is 5.67. The van der Waals surface area contributed by atoms with Gasteiger partial charge in [0.15, 0.2) is 0 Å². The van der Waals surface area contributed by atoms with Crippen LogP contribution in [0.1, 0.15) is 12.0 Å². The van der Waals surface area contributed by atoms with E-state index in [0.29, 0.717) is 25.5 Å². The van der Waals surface area contributed by atoms with Gasteiger partial charge in [0.25, 0.3) is 0 Å². The van der Waals surface area contributed by atoms with Gasteiger partial charge in [-0.15, -0.1) is 0 Å². The molecule has 5 nitrogen and oxygen atoms in total. The van der Waals surface area contributed by atoms with Crippen molar-refractivity contribution in [2.75, 3.05) is 13.2 Å². The van der Waals surface area contributed by atoms with Crippen LogP contribution in [-0.2, 0) is 11.2 Å². The number of hydrogen-bond donors (Lipinski definition) is 1. The summed E-state index contributed by atoms with van der Waals surface area (Å²) in [7, 11) is 0. The van der Waals surface area contributed by atoms with Crippen molar-refractivity contribution < 1.29 is 19.4 Å². The molecular formula is C16H17NO4. The smallest absolute Gasteiger partial charge is 0.303 e. The molecule has 1 N–H and O–H groups in total. The quantitative estimate of drug-likeness (QED) is 0.756. The van der Waals surface area contributed by atoms with Crippen molar-refractivity contribution in [3.05, 3.63) is 54.2 Å². The van der Waals surface area contributed by atoms with Crippen LogP contribution in [0.3, 0.4) is 0 Å². The topological polar surface area (TPSA) is 68.7 Å². The van der Waals surface area contributed by atoms with Crippen molar-refractivity contribution in [3.8, 4) is 11.6 Å². The second-order valence-electron chi connectivity index (χ2n) is 4.40. The number of carboxylic acids is 1. The van der Waals surface area contributed by atoms with Crippen LogP contribution < -0.4 is 9.47 Å². The molecule has 2 aromatic rings. The number of ether oxygens (including phenoxy) is 2. The molecule has 0 fully saturated rings. The van der Waals surface area contributed by atoms with Gasteiger partial charge in [-0.3, -0.25) is 4.79 Å². The van der Waals surface area contributed by atoms with Gasteiger partial charge >= 0.3 is 5.97 Å². The lowest BCUT2D eigenvalue weighted by molar-refractivity contribution is -0.136. The third kappa shape index (κ3) is 5.52. The number of aliphatic carboxylic acids is 1. The molecule has 0 aliphatic heterocycles. The fourth-order valence-corrected chi connectivity index (χ4v) is 1.74. The largest absolute Gasteiger partial charge is 0.490 e. The number of rotatable bonds is 8. The first-order chi connectivity index (χ1) is 10.2. The maximum Gasteiger partial charge on any atom is 0.303 e. The third-order valence-electron chi connectivity index (χ3n) is 2.79. The third-order valence-corrected chi connectivity index (χ3v) is 2.79. The van der Waals surface area contributed by atoms with E-state index < -0.39 is 5.97 Å². The lowest BCUT2D eigenvalue weighted by atomic mass is 10.1. The van der Waals surface area contributed by atoms with Crippen molar-refractivity contribution in [1.29, 1.82) is 0 Å². The highest BCUT2D eigenvalue weighted by Gasteiger charge is 2.00. The minimum atomic E-state index is -0.790. The van der Waals surface area contributed by atoms with E-state index in [2.05, 4.69) is 4.98 Å². The molecule has 110 valence electrons. The van der Waals surface area contributed by atoms with Gasteiger partial charge in [-0.05, 0) is 30.2 Å². The van der Waals surface area contributed by atoms with Gasteiger partial charge in [0.05, 0.1) is 0 Å². The molecule has 0 atom stereocenters. The monoisotopic (exact) mass is 287 g/mol. The number of carboxylic acid groups (broad SMARTS) is 1. The normalized spacial score (nSPS) is 10.1. The fraction of sp³-hybridized carbons (Fsp3) is 0.250. The number of nitrogens with zero attached hydrogens (tertiary/aromatic N) is 1. The van der Waals surface area contributed by atoms with E-state index in [4.69, 9.17) is 14.6 Å². The molecular weight excluding hydrogens is 270 g/mol. The van der Waals surface area contributed by atoms with Gasteiger partial charge in [-0.25, -0.2) is 4.98 Å². The maximum absolute atomic E-state index is 10.5. The lowest BCUT2D eigenvalue weighted by Gasteiger charge is -2.08. The first kappa shape index (κ1) is 14.8. The maximum atomic E-state index is 10.5. The average Bonchev–Trinajstić information content (AvgIpc) is 2.52. The van der Waals surface area contributed by atoms with E-state index >= 15 is 0 Å². The summed E-state index contributed by atoms with van der Waals surface area (Å²) in [4.78, 5) is 14.5. The Morgan fingerprint density at radius 2 is 1.81 bits per heavy atom. The summed E-state index contributed by atoms with van der Waals surface area (Å²) in [5.74, 6) is 0.519. The number of aryl methyl sites for hydroxylation is 1. The number of pyridine rings is 1. The molecule has 0 bridgehead atoms. The Labute approximate surface area is 123 Å². The molecule has 0 aliphatic carbocycles. The number of benzene rings is 1. The van der Waals surface area contributed by atoms with E-state index in [1.54, 1.807) is 12.3 Å². The molecule has 0 amide bonds. The van der Waals surface area contributed by atoms with Gasteiger partial charge in [-0.1, -0.05) is 18.2 Å². The lowest BCUT2D eigenvalue weighted by Crippen LogP contribution is -2.09. The van der Waals surface area contributed by atoms with E-state index in [1.807, 2.05) is 36.4 Å². The van der Waals surface area contributed by atoms with Crippen LogP contribution in [0.15, 0.2) is 48.7 Å². The Hall–Kier alpha value is -2.56. The summed E-state index contributed by atoms with van der Waals surface area (Å²) in [5.41, 5.74) is 0.981. The van der Waals surface area contributed by atoms with Gasteiger partial charge in [0, 0.05) is 18.7 Å². The fourth-order valence-electron chi connectivity index (χ4n) is 1.74. The summed E-state index contributed by atoms with van der Waals surface area (Å²) < 4.78 is 11.0. The molecule has 0 aliphatic rings. The first-order valence-corrected chi connectivity index (χ1v) is 6.71. The summed E-state index contributed by atoms with van der Waals surface area (Å²) in [6.45, 7) is 0.836. The van der Waals surface area contributed by atoms with Crippen LogP contribution in [0.2, 0.25) is 0 Å². The summed E-state index contributed by atoms with van der Waals surface area (Å²) in [5, 5.41) is 8.62. The first-order valence-electron chi connectivity index (χ1n) is 6.71. The van der Waals surface area contributed by atoms with Crippen LogP contribution >= 0.6 is 0 Å². The molecule has 5 heteroatoms. The molecule has 0 saturated heterocycles. The number of carbonyl (C=O) groups is 1. The minimum Gasteiger partial charge on any atom is -0.490 e. The van der Waals surface area contributed by atoms with Gasteiger partial charge in [0.2, 0.25) is 5.88 Å². The highest BCUT2D eigenvalue weighted by atomic mass is 16.5. The summed E-state index contributed by atoms with van der Waals surface area (Å²) >= 11 is 0. The van der Waals surface area contributed by atoms with E-state index in [0.717, 1.165) is 11.3 Å². The molecule has 0 saturated carbocycles. The highest BCUT2D eigenvalue weighted by Crippen LogP contribution is 2.13. The van der Waals surface area contributed by atoms with Crippen molar-refractivity contribution in [2.45, 2.75) is 12.8 Å². The van der Waals surface area contributed by atoms with Crippen LogP contribution in [0.4, 0.5) is 0 Å². The van der Waals surface area contributed by atoms with Gasteiger partial charge in [-0.2, -0.15) is 0 Å². The minimum absolute atomic E-state index is 0.137. The molecule has 1 heterocycles. The van der Waals surface area contributed by atoms with Gasteiger partial charge < -0.3 is 14.6 Å². The second-order valence-corrected chi connectivity index (χ2v) is 4.40. The predicted octanol–water partition coefficient (Wildman–Crippen LogP) is 2.56. The SMILES string of the molecule is O=C(O)CCc1ccc(OCCOc2ccccn2)cc1. The van der Waals surface area contributed by atoms with Crippen molar-refractivity contribution >= 4 is 5.97 Å².